The van der Waals surface area contributed by atoms with E-state index in [9.17, 15) is 22.0 Å². The van der Waals surface area contributed by atoms with E-state index in [1.165, 1.54) is 12.4 Å². The Bertz CT molecular complexity index is 867. The number of anilines is 1. The van der Waals surface area contributed by atoms with Crippen molar-refractivity contribution < 1.29 is 26.4 Å². The van der Waals surface area contributed by atoms with E-state index in [1.54, 1.807) is 30.3 Å². The molecule has 0 saturated carbocycles. The highest BCUT2D eigenvalue weighted by molar-refractivity contribution is 5.50. The third kappa shape index (κ3) is 4.96. The highest BCUT2D eigenvalue weighted by Gasteiger charge is 2.33. The third-order valence-electron chi connectivity index (χ3n) is 3.47. The minimum atomic E-state index is -4.40. The molecule has 1 aromatic carbocycles. The minimum absolute atomic E-state index is 0.0644. The number of halogens is 5. The molecule has 0 aliphatic carbocycles. The van der Waals surface area contributed by atoms with Gasteiger partial charge >= 0.3 is 12.6 Å². The standard InChI is InChI=1S/C16H12F5N5O/c17-12(18)14-26-25-13(27-14)10-7-22-15(23-8-10)24-11(6-16(19,20)21)9-4-2-1-3-5-9/h1-5,7-8,11-12H,6H2,(H,22,23,24). The van der Waals surface area contributed by atoms with Crippen LogP contribution in [-0.2, 0) is 0 Å². The number of hydrogen-bond donors (Lipinski definition) is 1. The van der Waals surface area contributed by atoms with Crippen LogP contribution in [0.3, 0.4) is 0 Å². The lowest BCUT2D eigenvalue weighted by molar-refractivity contribution is -0.137. The first-order valence-corrected chi connectivity index (χ1v) is 7.64. The zero-order valence-corrected chi connectivity index (χ0v) is 13.5. The van der Waals surface area contributed by atoms with Crippen LogP contribution in [0.4, 0.5) is 27.9 Å². The van der Waals surface area contributed by atoms with E-state index in [0.29, 0.717) is 5.56 Å². The molecular weight excluding hydrogens is 373 g/mol. The summed E-state index contributed by atoms with van der Waals surface area (Å²) in [6.07, 6.45) is -6.06. The number of rotatable bonds is 6. The molecule has 3 aromatic rings. The summed E-state index contributed by atoms with van der Waals surface area (Å²) in [5.41, 5.74) is 0.577. The summed E-state index contributed by atoms with van der Waals surface area (Å²) in [5.74, 6) is -1.13. The van der Waals surface area contributed by atoms with E-state index in [-0.39, 0.29) is 17.4 Å². The maximum atomic E-state index is 12.9. The van der Waals surface area contributed by atoms with Crippen LogP contribution >= 0.6 is 0 Å². The predicted octanol–water partition coefficient (Wildman–Crippen LogP) is 4.57. The molecule has 2 heterocycles. The van der Waals surface area contributed by atoms with Crippen molar-refractivity contribution in [2.75, 3.05) is 5.32 Å². The van der Waals surface area contributed by atoms with E-state index in [1.807, 2.05) is 0 Å². The molecule has 0 spiro atoms. The lowest BCUT2D eigenvalue weighted by Gasteiger charge is -2.20. The summed E-state index contributed by atoms with van der Waals surface area (Å²) in [7, 11) is 0. The van der Waals surface area contributed by atoms with Crippen molar-refractivity contribution in [3.05, 3.63) is 54.2 Å². The second kappa shape index (κ2) is 7.64. The maximum absolute atomic E-state index is 12.9. The van der Waals surface area contributed by atoms with Crippen LogP contribution in [0.15, 0.2) is 47.1 Å². The second-order valence-corrected chi connectivity index (χ2v) is 5.47. The fourth-order valence-corrected chi connectivity index (χ4v) is 2.28. The molecule has 1 unspecified atom stereocenters. The minimum Gasteiger partial charge on any atom is -0.415 e. The Kier molecular flexibility index (Phi) is 5.28. The Balaban J connectivity index is 1.78. The molecule has 27 heavy (non-hydrogen) atoms. The Morgan fingerprint density at radius 2 is 1.67 bits per heavy atom. The van der Waals surface area contributed by atoms with Gasteiger partial charge in [0.15, 0.2) is 0 Å². The Labute approximate surface area is 149 Å². The molecule has 6 nitrogen and oxygen atoms in total. The van der Waals surface area contributed by atoms with Crippen LogP contribution in [0.1, 0.15) is 30.3 Å². The Morgan fingerprint density at radius 3 is 2.22 bits per heavy atom. The van der Waals surface area contributed by atoms with Gasteiger partial charge in [0.25, 0.3) is 11.8 Å². The van der Waals surface area contributed by atoms with Gasteiger partial charge < -0.3 is 9.73 Å². The summed E-state index contributed by atoms with van der Waals surface area (Å²) in [5, 5.41) is 9.25. The summed E-state index contributed by atoms with van der Waals surface area (Å²) in [6.45, 7) is 0. The van der Waals surface area contributed by atoms with Crippen molar-refractivity contribution in [2.24, 2.45) is 0 Å². The topological polar surface area (TPSA) is 76.7 Å². The van der Waals surface area contributed by atoms with Gasteiger partial charge in [-0.2, -0.15) is 22.0 Å². The average molecular weight is 385 g/mol. The second-order valence-electron chi connectivity index (χ2n) is 5.47. The van der Waals surface area contributed by atoms with Crippen molar-refractivity contribution in [1.82, 2.24) is 20.2 Å². The van der Waals surface area contributed by atoms with Gasteiger partial charge in [0, 0.05) is 12.4 Å². The van der Waals surface area contributed by atoms with Gasteiger partial charge in [-0.3, -0.25) is 0 Å². The highest BCUT2D eigenvalue weighted by atomic mass is 19.4. The van der Waals surface area contributed by atoms with E-state index in [4.69, 9.17) is 4.42 Å². The van der Waals surface area contributed by atoms with Crippen molar-refractivity contribution in [2.45, 2.75) is 25.1 Å². The molecule has 0 fully saturated rings. The molecule has 3 rings (SSSR count). The highest BCUT2D eigenvalue weighted by Crippen LogP contribution is 2.31. The molecule has 11 heteroatoms. The molecule has 0 bridgehead atoms. The summed E-state index contributed by atoms with van der Waals surface area (Å²) in [4.78, 5) is 7.80. The number of benzene rings is 1. The molecule has 0 aliphatic heterocycles. The number of aromatic nitrogens is 4. The molecule has 0 radical (unpaired) electrons. The lowest BCUT2D eigenvalue weighted by atomic mass is 10.0. The summed E-state index contributed by atoms with van der Waals surface area (Å²) >= 11 is 0. The zero-order chi connectivity index (χ0) is 19.4. The van der Waals surface area contributed by atoms with Crippen LogP contribution in [0.2, 0.25) is 0 Å². The van der Waals surface area contributed by atoms with Crippen LogP contribution in [0, 0.1) is 0 Å². The summed E-state index contributed by atoms with van der Waals surface area (Å²) < 4.78 is 68.3. The van der Waals surface area contributed by atoms with Gasteiger partial charge in [0.1, 0.15) is 0 Å². The van der Waals surface area contributed by atoms with Gasteiger partial charge in [-0.15, -0.1) is 10.2 Å². The molecule has 142 valence electrons. The zero-order valence-electron chi connectivity index (χ0n) is 13.5. The number of alkyl halides is 5. The molecular formula is C16H12F5N5O. The third-order valence-corrected chi connectivity index (χ3v) is 3.47. The first kappa shape index (κ1) is 18.7. The lowest BCUT2D eigenvalue weighted by Crippen LogP contribution is -2.21. The Hall–Kier alpha value is -3.11. The van der Waals surface area contributed by atoms with Gasteiger partial charge in [-0.25, -0.2) is 9.97 Å². The van der Waals surface area contributed by atoms with Gasteiger partial charge in [0.2, 0.25) is 5.95 Å². The number of nitrogens with one attached hydrogen (secondary N) is 1. The average Bonchev–Trinajstić information content (AvgIpc) is 3.12. The van der Waals surface area contributed by atoms with Crippen molar-refractivity contribution in [1.29, 1.82) is 0 Å². The smallest absolute Gasteiger partial charge is 0.391 e. The molecule has 2 aromatic heterocycles. The normalized spacial score (nSPS) is 13.0. The van der Waals surface area contributed by atoms with Gasteiger partial charge in [-0.1, -0.05) is 30.3 Å². The molecule has 0 saturated heterocycles. The molecule has 1 N–H and O–H groups in total. The first-order valence-electron chi connectivity index (χ1n) is 7.64. The van der Waals surface area contributed by atoms with Crippen LogP contribution < -0.4 is 5.32 Å². The molecule has 0 aliphatic rings. The fraction of sp³-hybridized carbons (Fsp3) is 0.250. The van der Waals surface area contributed by atoms with Crippen molar-refractivity contribution in [3.63, 3.8) is 0 Å². The summed E-state index contributed by atoms with van der Waals surface area (Å²) in [6, 6.07) is 6.97. The maximum Gasteiger partial charge on any atom is 0.391 e. The quantitative estimate of drug-likeness (QED) is 0.627. The van der Waals surface area contributed by atoms with E-state index >= 15 is 0 Å². The largest absolute Gasteiger partial charge is 0.415 e. The Morgan fingerprint density at radius 1 is 1.00 bits per heavy atom. The van der Waals surface area contributed by atoms with E-state index < -0.39 is 31.0 Å². The van der Waals surface area contributed by atoms with Gasteiger partial charge in [0.05, 0.1) is 18.0 Å². The SMILES string of the molecule is FC(F)c1nnc(-c2cnc(NC(CC(F)(F)F)c3ccccc3)nc2)o1. The van der Waals surface area contributed by atoms with Crippen LogP contribution in [0.5, 0.6) is 0 Å². The number of nitrogens with zero attached hydrogens (tertiary/aromatic N) is 4. The van der Waals surface area contributed by atoms with Crippen LogP contribution in [-0.4, -0.2) is 26.3 Å². The number of hydrogen-bond acceptors (Lipinski definition) is 6. The molecule has 0 amide bonds. The predicted molar refractivity (Wildman–Crippen MR) is 83.8 cm³/mol. The van der Waals surface area contributed by atoms with Crippen molar-refractivity contribution in [3.8, 4) is 11.5 Å². The fourth-order valence-electron chi connectivity index (χ4n) is 2.28. The van der Waals surface area contributed by atoms with Crippen molar-refractivity contribution >= 4 is 5.95 Å². The van der Waals surface area contributed by atoms with Gasteiger partial charge in [-0.05, 0) is 5.56 Å². The monoisotopic (exact) mass is 385 g/mol. The first-order chi connectivity index (χ1) is 12.8. The molecule has 1 atom stereocenters. The van der Waals surface area contributed by atoms with Crippen LogP contribution in [0.25, 0.3) is 11.5 Å². The van der Waals surface area contributed by atoms with E-state index in [2.05, 4.69) is 25.5 Å². The van der Waals surface area contributed by atoms with E-state index in [0.717, 1.165) is 0 Å².